The Hall–Kier alpha value is -1.72. The fourth-order valence-corrected chi connectivity index (χ4v) is 2.26. The third kappa shape index (κ3) is 2.69. The molecule has 1 aromatic carbocycles. The normalized spacial score (nSPS) is 10.2. The highest BCUT2D eigenvalue weighted by Gasteiger charge is 2.15. The molecule has 88 valence electrons. The average molecular weight is 247 g/mol. The molecule has 17 heavy (non-hydrogen) atoms. The first-order valence-corrected chi connectivity index (χ1v) is 6.18. The van der Waals surface area contributed by atoms with Crippen molar-refractivity contribution in [3.8, 4) is 10.4 Å². The molecule has 5 heteroatoms. The molecular formula is C12H13N3OS. The molecule has 0 spiro atoms. The maximum absolute atomic E-state index is 11.8. The smallest absolute Gasteiger partial charge is 0.271 e. The summed E-state index contributed by atoms with van der Waals surface area (Å²) in [7, 11) is 0. The van der Waals surface area contributed by atoms with Gasteiger partial charge in [0, 0.05) is 13.1 Å². The van der Waals surface area contributed by atoms with Crippen molar-refractivity contribution < 1.29 is 4.79 Å². The zero-order chi connectivity index (χ0) is 12.1. The first-order valence-electron chi connectivity index (χ1n) is 5.30. The van der Waals surface area contributed by atoms with Crippen molar-refractivity contribution in [1.29, 1.82) is 0 Å². The second kappa shape index (κ2) is 5.56. The van der Waals surface area contributed by atoms with Gasteiger partial charge in [-0.15, -0.1) is 11.3 Å². The van der Waals surface area contributed by atoms with Crippen LogP contribution in [0.3, 0.4) is 0 Å². The van der Waals surface area contributed by atoms with Crippen LogP contribution < -0.4 is 11.1 Å². The Morgan fingerprint density at radius 2 is 2.12 bits per heavy atom. The van der Waals surface area contributed by atoms with Crippen LogP contribution in [0.2, 0.25) is 0 Å². The Balaban J connectivity index is 2.26. The molecule has 1 amide bonds. The molecule has 1 aromatic heterocycles. The van der Waals surface area contributed by atoms with Gasteiger partial charge in [0.05, 0.1) is 10.4 Å². The summed E-state index contributed by atoms with van der Waals surface area (Å²) in [5.41, 5.74) is 8.50. The van der Waals surface area contributed by atoms with Gasteiger partial charge in [-0.25, -0.2) is 4.98 Å². The van der Waals surface area contributed by atoms with Crippen molar-refractivity contribution in [2.75, 3.05) is 13.1 Å². The van der Waals surface area contributed by atoms with Gasteiger partial charge in [-0.2, -0.15) is 0 Å². The van der Waals surface area contributed by atoms with Crippen molar-refractivity contribution in [3.05, 3.63) is 41.5 Å². The number of nitrogens with one attached hydrogen (secondary N) is 1. The predicted molar refractivity (Wildman–Crippen MR) is 68.9 cm³/mol. The quantitative estimate of drug-likeness (QED) is 0.860. The van der Waals surface area contributed by atoms with Crippen LogP contribution in [0.5, 0.6) is 0 Å². The fraction of sp³-hybridized carbons (Fsp3) is 0.167. The highest BCUT2D eigenvalue weighted by Crippen LogP contribution is 2.27. The molecule has 0 saturated heterocycles. The van der Waals surface area contributed by atoms with Gasteiger partial charge in [-0.1, -0.05) is 30.3 Å². The van der Waals surface area contributed by atoms with Gasteiger partial charge >= 0.3 is 0 Å². The van der Waals surface area contributed by atoms with E-state index in [2.05, 4.69) is 10.3 Å². The SMILES string of the molecule is NCCNC(=O)c1ncsc1-c1ccccc1. The number of rotatable bonds is 4. The molecule has 0 fully saturated rings. The lowest BCUT2D eigenvalue weighted by Crippen LogP contribution is -2.29. The minimum absolute atomic E-state index is 0.171. The lowest BCUT2D eigenvalue weighted by Gasteiger charge is -2.03. The van der Waals surface area contributed by atoms with Crippen molar-refractivity contribution in [2.24, 2.45) is 5.73 Å². The van der Waals surface area contributed by atoms with E-state index in [1.54, 1.807) is 5.51 Å². The lowest BCUT2D eigenvalue weighted by molar-refractivity contribution is 0.0951. The van der Waals surface area contributed by atoms with E-state index in [0.29, 0.717) is 18.8 Å². The van der Waals surface area contributed by atoms with E-state index in [0.717, 1.165) is 10.4 Å². The van der Waals surface area contributed by atoms with Gasteiger partial charge in [0.1, 0.15) is 5.69 Å². The highest BCUT2D eigenvalue weighted by molar-refractivity contribution is 7.13. The second-order valence-electron chi connectivity index (χ2n) is 3.44. The Morgan fingerprint density at radius 3 is 2.82 bits per heavy atom. The fourth-order valence-electron chi connectivity index (χ4n) is 1.47. The van der Waals surface area contributed by atoms with Gasteiger partial charge in [0.15, 0.2) is 0 Å². The van der Waals surface area contributed by atoms with E-state index in [-0.39, 0.29) is 5.91 Å². The number of amides is 1. The number of thiazole rings is 1. The van der Waals surface area contributed by atoms with Crippen LogP contribution in [0.4, 0.5) is 0 Å². The zero-order valence-electron chi connectivity index (χ0n) is 9.22. The molecule has 3 N–H and O–H groups in total. The van der Waals surface area contributed by atoms with Gasteiger partial charge in [-0.3, -0.25) is 4.79 Å². The van der Waals surface area contributed by atoms with Crippen LogP contribution in [0.15, 0.2) is 35.8 Å². The zero-order valence-corrected chi connectivity index (χ0v) is 10.0. The van der Waals surface area contributed by atoms with E-state index >= 15 is 0 Å². The van der Waals surface area contributed by atoms with Crippen molar-refractivity contribution in [3.63, 3.8) is 0 Å². The van der Waals surface area contributed by atoms with E-state index in [9.17, 15) is 4.79 Å². The summed E-state index contributed by atoms with van der Waals surface area (Å²) in [5.74, 6) is -0.171. The molecule has 2 rings (SSSR count). The molecule has 0 saturated carbocycles. The monoisotopic (exact) mass is 247 g/mol. The third-order valence-electron chi connectivity index (χ3n) is 2.25. The molecule has 0 aliphatic heterocycles. The van der Waals surface area contributed by atoms with E-state index in [1.807, 2.05) is 30.3 Å². The molecule has 0 aliphatic carbocycles. The molecule has 0 unspecified atom stereocenters. The molecule has 0 aliphatic rings. The van der Waals surface area contributed by atoms with Crippen molar-refractivity contribution >= 4 is 17.2 Å². The Kier molecular flexibility index (Phi) is 3.85. The number of benzene rings is 1. The summed E-state index contributed by atoms with van der Waals surface area (Å²) >= 11 is 1.46. The van der Waals surface area contributed by atoms with Crippen LogP contribution >= 0.6 is 11.3 Å². The molecular weight excluding hydrogens is 234 g/mol. The largest absolute Gasteiger partial charge is 0.349 e. The number of hydrogen-bond donors (Lipinski definition) is 2. The number of hydrogen-bond acceptors (Lipinski definition) is 4. The topological polar surface area (TPSA) is 68.0 Å². The maximum atomic E-state index is 11.8. The van der Waals surface area contributed by atoms with Gasteiger partial charge in [0.2, 0.25) is 0 Å². The Morgan fingerprint density at radius 1 is 1.35 bits per heavy atom. The first kappa shape index (κ1) is 11.8. The molecule has 2 aromatic rings. The van der Waals surface area contributed by atoms with Crippen molar-refractivity contribution in [1.82, 2.24) is 10.3 Å². The minimum Gasteiger partial charge on any atom is -0.349 e. The van der Waals surface area contributed by atoms with Crippen LogP contribution in [-0.2, 0) is 0 Å². The molecule has 0 atom stereocenters. The first-order chi connectivity index (χ1) is 8.33. The predicted octanol–water partition coefficient (Wildman–Crippen LogP) is 1.50. The van der Waals surface area contributed by atoms with E-state index < -0.39 is 0 Å². The van der Waals surface area contributed by atoms with Gasteiger partial charge in [0.25, 0.3) is 5.91 Å². The lowest BCUT2D eigenvalue weighted by atomic mass is 10.1. The van der Waals surface area contributed by atoms with Crippen LogP contribution in [0, 0.1) is 0 Å². The van der Waals surface area contributed by atoms with Gasteiger partial charge < -0.3 is 11.1 Å². The second-order valence-corrected chi connectivity index (χ2v) is 4.30. The summed E-state index contributed by atoms with van der Waals surface area (Å²) in [6.07, 6.45) is 0. The third-order valence-corrected chi connectivity index (χ3v) is 3.12. The number of aromatic nitrogens is 1. The standard InChI is InChI=1S/C12H13N3OS/c13-6-7-14-12(16)10-11(17-8-15-10)9-4-2-1-3-5-9/h1-5,8H,6-7,13H2,(H,14,16). The van der Waals surface area contributed by atoms with Crippen LogP contribution in [0.25, 0.3) is 10.4 Å². The number of carbonyl (C=O) groups excluding carboxylic acids is 1. The number of nitrogens with zero attached hydrogens (tertiary/aromatic N) is 1. The molecule has 0 bridgehead atoms. The Bertz CT molecular complexity index is 495. The average Bonchev–Trinajstić information content (AvgIpc) is 2.86. The molecule has 4 nitrogen and oxygen atoms in total. The summed E-state index contributed by atoms with van der Waals surface area (Å²) in [4.78, 5) is 16.8. The Labute approximate surface area is 103 Å². The summed E-state index contributed by atoms with van der Waals surface area (Å²) in [6.45, 7) is 0.890. The molecule has 0 radical (unpaired) electrons. The minimum atomic E-state index is -0.171. The van der Waals surface area contributed by atoms with Crippen LogP contribution in [0.1, 0.15) is 10.5 Å². The number of nitrogens with two attached hydrogens (primary N) is 1. The maximum Gasteiger partial charge on any atom is 0.271 e. The summed E-state index contributed by atoms with van der Waals surface area (Å²) in [6, 6.07) is 9.76. The van der Waals surface area contributed by atoms with E-state index in [1.165, 1.54) is 11.3 Å². The van der Waals surface area contributed by atoms with E-state index in [4.69, 9.17) is 5.73 Å². The van der Waals surface area contributed by atoms with Crippen LogP contribution in [-0.4, -0.2) is 24.0 Å². The van der Waals surface area contributed by atoms with Gasteiger partial charge in [-0.05, 0) is 5.56 Å². The summed E-state index contributed by atoms with van der Waals surface area (Å²) in [5, 5.41) is 2.73. The molecule has 1 heterocycles. The summed E-state index contributed by atoms with van der Waals surface area (Å²) < 4.78 is 0. The number of carbonyl (C=O) groups is 1. The van der Waals surface area contributed by atoms with Crippen molar-refractivity contribution in [2.45, 2.75) is 0 Å². The highest BCUT2D eigenvalue weighted by atomic mass is 32.1.